The molecule has 88 valence electrons. The lowest BCUT2D eigenvalue weighted by Gasteiger charge is -2.03. The maximum Gasteiger partial charge on any atom is 0.253 e. The average Bonchev–Trinajstić information content (AvgIpc) is 2.73. The van der Waals surface area contributed by atoms with Gasteiger partial charge in [0.25, 0.3) is 5.91 Å². The molecular formula is C11H8BrClN2OS. The third-order valence-electron chi connectivity index (χ3n) is 2.09. The Balaban J connectivity index is 1.98. The van der Waals surface area contributed by atoms with E-state index in [1.54, 1.807) is 23.5 Å². The van der Waals surface area contributed by atoms with Gasteiger partial charge < -0.3 is 5.32 Å². The van der Waals surface area contributed by atoms with Gasteiger partial charge in [-0.3, -0.25) is 4.79 Å². The average molecular weight is 332 g/mol. The summed E-state index contributed by atoms with van der Waals surface area (Å²) in [5.41, 5.74) is 0.502. The molecule has 0 aromatic carbocycles. The first-order chi connectivity index (χ1) is 8.16. The van der Waals surface area contributed by atoms with Crippen molar-refractivity contribution in [3.63, 3.8) is 0 Å². The molecule has 17 heavy (non-hydrogen) atoms. The lowest BCUT2D eigenvalue weighted by molar-refractivity contribution is 0.0951. The number of nitrogens with one attached hydrogen (secondary N) is 1. The van der Waals surface area contributed by atoms with Crippen molar-refractivity contribution >= 4 is 44.8 Å². The Morgan fingerprint density at radius 3 is 2.88 bits per heavy atom. The number of pyridine rings is 1. The van der Waals surface area contributed by atoms with Crippen LogP contribution in [0.5, 0.6) is 0 Å². The Kier molecular flexibility index (Phi) is 4.15. The zero-order chi connectivity index (χ0) is 12.3. The van der Waals surface area contributed by atoms with Crippen LogP contribution in [0.15, 0.2) is 34.2 Å². The number of halogens is 2. The molecule has 0 saturated carbocycles. The predicted molar refractivity (Wildman–Crippen MR) is 72.4 cm³/mol. The largest absolute Gasteiger partial charge is 0.347 e. The van der Waals surface area contributed by atoms with Crippen molar-refractivity contribution in [3.8, 4) is 0 Å². The zero-order valence-corrected chi connectivity index (χ0v) is 11.8. The first-order valence-corrected chi connectivity index (χ1v) is 6.83. The second-order valence-corrected chi connectivity index (χ2v) is 5.49. The monoisotopic (exact) mass is 330 g/mol. The van der Waals surface area contributed by atoms with Gasteiger partial charge in [-0.2, -0.15) is 0 Å². The van der Waals surface area contributed by atoms with Gasteiger partial charge in [-0.1, -0.05) is 11.6 Å². The van der Waals surface area contributed by atoms with Gasteiger partial charge in [0.15, 0.2) is 0 Å². The lowest BCUT2D eigenvalue weighted by atomic mass is 10.2. The van der Waals surface area contributed by atoms with Crippen LogP contribution in [0.3, 0.4) is 0 Å². The van der Waals surface area contributed by atoms with E-state index in [1.807, 2.05) is 11.4 Å². The molecule has 0 aliphatic carbocycles. The number of thiophene rings is 1. The Labute approximate surface area is 116 Å². The molecule has 2 rings (SSSR count). The number of hydrogen-bond acceptors (Lipinski definition) is 3. The second-order valence-electron chi connectivity index (χ2n) is 3.24. The van der Waals surface area contributed by atoms with Crippen LogP contribution in [0.25, 0.3) is 0 Å². The zero-order valence-electron chi connectivity index (χ0n) is 8.61. The molecule has 0 aliphatic heterocycles. The summed E-state index contributed by atoms with van der Waals surface area (Å²) in [5.74, 6) is -0.158. The second kappa shape index (κ2) is 5.62. The minimum Gasteiger partial charge on any atom is -0.347 e. The van der Waals surface area contributed by atoms with E-state index in [4.69, 9.17) is 11.6 Å². The van der Waals surface area contributed by atoms with E-state index in [2.05, 4.69) is 26.2 Å². The van der Waals surface area contributed by atoms with Crippen LogP contribution in [0.1, 0.15) is 15.2 Å². The molecule has 0 aliphatic rings. The van der Waals surface area contributed by atoms with Gasteiger partial charge in [0, 0.05) is 15.5 Å². The van der Waals surface area contributed by atoms with Gasteiger partial charge in [-0.15, -0.1) is 11.3 Å². The van der Waals surface area contributed by atoms with Gasteiger partial charge in [-0.25, -0.2) is 4.98 Å². The fourth-order valence-corrected chi connectivity index (χ4v) is 2.77. The van der Waals surface area contributed by atoms with Crippen LogP contribution in [-0.4, -0.2) is 10.9 Å². The first kappa shape index (κ1) is 12.5. The number of carbonyl (C=O) groups is 1. The summed E-state index contributed by atoms with van der Waals surface area (Å²) in [6.45, 7) is 0.500. The van der Waals surface area contributed by atoms with Crippen molar-refractivity contribution in [1.82, 2.24) is 10.3 Å². The number of hydrogen-bond donors (Lipinski definition) is 1. The van der Waals surface area contributed by atoms with E-state index in [0.717, 1.165) is 9.35 Å². The van der Waals surface area contributed by atoms with Crippen LogP contribution >= 0.6 is 38.9 Å². The van der Waals surface area contributed by atoms with E-state index < -0.39 is 0 Å². The van der Waals surface area contributed by atoms with E-state index in [9.17, 15) is 4.79 Å². The van der Waals surface area contributed by atoms with Crippen molar-refractivity contribution in [1.29, 1.82) is 0 Å². The summed E-state index contributed by atoms with van der Waals surface area (Å²) in [7, 11) is 0. The van der Waals surface area contributed by atoms with E-state index in [0.29, 0.717) is 17.3 Å². The summed E-state index contributed by atoms with van der Waals surface area (Å²) in [5, 5.41) is 5.17. The van der Waals surface area contributed by atoms with E-state index in [1.165, 1.54) is 6.20 Å². The summed E-state index contributed by atoms with van der Waals surface area (Å²) < 4.78 is 1.01. The van der Waals surface area contributed by atoms with Gasteiger partial charge in [0.1, 0.15) is 5.15 Å². The highest BCUT2D eigenvalue weighted by Gasteiger charge is 2.07. The SMILES string of the molecule is O=C(NCc1sccc1Br)c1ccc(Cl)nc1. The minimum atomic E-state index is -0.158. The molecule has 0 bridgehead atoms. The summed E-state index contributed by atoms with van der Waals surface area (Å²) in [6.07, 6.45) is 1.46. The highest BCUT2D eigenvalue weighted by Crippen LogP contribution is 2.22. The molecule has 2 aromatic heterocycles. The smallest absolute Gasteiger partial charge is 0.253 e. The fourth-order valence-electron chi connectivity index (χ4n) is 1.22. The van der Waals surface area contributed by atoms with Crippen LogP contribution in [0.2, 0.25) is 5.15 Å². The number of amides is 1. The minimum absolute atomic E-state index is 0.158. The molecular weight excluding hydrogens is 324 g/mol. The number of rotatable bonds is 3. The third-order valence-corrected chi connectivity index (χ3v) is 4.24. The highest BCUT2D eigenvalue weighted by molar-refractivity contribution is 9.10. The molecule has 0 spiro atoms. The lowest BCUT2D eigenvalue weighted by Crippen LogP contribution is -2.22. The Morgan fingerprint density at radius 1 is 1.47 bits per heavy atom. The maximum atomic E-state index is 11.8. The predicted octanol–water partition coefficient (Wildman–Crippen LogP) is 3.49. The molecule has 6 heteroatoms. The Bertz CT molecular complexity index is 527. The Hall–Kier alpha value is -0.910. The van der Waals surface area contributed by atoms with Crippen molar-refractivity contribution in [2.45, 2.75) is 6.54 Å². The first-order valence-electron chi connectivity index (χ1n) is 4.78. The maximum absolute atomic E-state index is 11.8. The topological polar surface area (TPSA) is 42.0 Å². The molecule has 1 amide bonds. The van der Waals surface area contributed by atoms with Crippen molar-refractivity contribution in [3.05, 3.63) is 49.8 Å². The molecule has 0 saturated heterocycles. The molecule has 0 unspecified atom stereocenters. The van der Waals surface area contributed by atoms with Gasteiger partial charge in [0.2, 0.25) is 0 Å². The molecule has 0 fully saturated rings. The van der Waals surface area contributed by atoms with Crippen molar-refractivity contribution in [2.24, 2.45) is 0 Å². The standard InChI is InChI=1S/C11H8BrClN2OS/c12-8-3-4-17-9(8)6-15-11(16)7-1-2-10(13)14-5-7/h1-5H,6H2,(H,15,16). The van der Waals surface area contributed by atoms with Gasteiger partial charge in [-0.05, 0) is 39.5 Å². The van der Waals surface area contributed by atoms with E-state index >= 15 is 0 Å². The number of nitrogens with zero attached hydrogens (tertiary/aromatic N) is 1. The van der Waals surface area contributed by atoms with Crippen molar-refractivity contribution < 1.29 is 4.79 Å². The highest BCUT2D eigenvalue weighted by atomic mass is 79.9. The molecule has 0 radical (unpaired) electrons. The number of aromatic nitrogens is 1. The molecule has 1 N–H and O–H groups in total. The quantitative estimate of drug-likeness (QED) is 0.875. The van der Waals surface area contributed by atoms with Crippen LogP contribution in [0, 0.1) is 0 Å². The van der Waals surface area contributed by atoms with Crippen LogP contribution in [0.4, 0.5) is 0 Å². The summed E-state index contributed by atoms with van der Waals surface area (Å²) in [6, 6.07) is 5.20. The molecule has 2 heterocycles. The van der Waals surface area contributed by atoms with Crippen molar-refractivity contribution in [2.75, 3.05) is 0 Å². The molecule has 2 aromatic rings. The molecule has 0 atom stereocenters. The summed E-state index contributed by atoms with van der Waals surface area (Å²) >= 11 is 10.7. The van der Waals surface area contributed by atoms with Gasteiger partial charge in [0.05, 0.1) is 12.1 Å². The summed E-state index contributed by atoms with van der Waals surface area (Å²) in [4.78, 5) is 16.7. The van der Waals surface area contributed by atoms with Crippen LogP contribution < -0.4 is 5.32 Å². The normalized spacial score (nSPS) is 10.2. The van der Waals surface area contributed by atoms with E-state index in [-0.39, 0.29) is 5.91 Å². The fraction of sp³-hybridized carbons (Fsp3) is 0.0909. The van der Waals surface area contributed by atoms with Gasteiger partial charge >= 0.3 is 0 Å². The molecule has 3 nitrogen and oxygen atoms in total. The third kappa shape index (κ3) is 3.28. The van der Waals surface area contributed by atoms with Crippen LogP contribution in [-0.2, 0) is 6.54 Å². The Morgan fingerprint density at radius 2 is 2.29 bits per heavy atom. The number of carbonyl (C=O) groups excluding carboxylic acids is 1.